The van der Waals surface area contributed by atoms with E-state index >= 15 is 0 Å². The summed E-state index contributed by atoms with van der Waals surface area (Å²) in [5, 5.41) is 2.81. The molecule has 1 N–H and O–H groups in total. The minimum absolute atomic E-state index is 0.213. The van der Waals surface area contributed by atoms with Gasteiger partial charge in [0.1, 0.15) is 5.82 Å². The molecule has 0 aliphatic heterocycles. The molecule has 0 saturated carbocycles. The van der Waals surface area contributed by atoms with Crippen LogP contribution in [0.3, 0.4) is 0 Å². The van der Waals surface area contributed by atoms with Crippen molar-refractivity contribution < 1.29 is 13.6 Å². The van der Waals surface area contributed by atoms with E-state index in [1.165, 1.54) is 0 Å². The number of rotatable bonds is 6. The first kappa shape index (κ1) is 18.8. The van der Waals surface area contributed by atoms with Gasteiger partial charge in [0.2, 0.25) is 0 Å². The van der Waals surface area contributed by atoms with Crippen LogP contribution in [0, 0.1) is 0 Å². The molecule has 27 heavy (non-hydrogen) atoms. The van der Waals surface area contributed by atoms with Crippen LogP contribution in [0.2, 0.25) is 0 Å². The Morgan fingerprint density at radius 1 is 1.15 bits per heavy atom. The fourth-order valence-corrected chi connectivity index (χ4v) is 2.97. The lowest BCUT2D eigenvalue weighted by Crippen LogP contribution is -2.28. The lowest BCUT2D eigenvalue weighted by Gasteiger charge is -2.15. The van der Waals surface area contributed by atoms with Gasteiger partial charge in [-0.1, -0.05) is 19.1 Å². The Labute approximate surface area is 156 Å². The van der Waals surface area contributed by atoms with Crippen LogP contribution in [0.15, 0.2) is 48.5 Å². The van der Waals surface area contributed by atoms with E-state index in [1.807, 2.05) is 31.1 Å². The molecule has 1 heterocycles. The number of carbonyl (C=O) groups is 1. The average molecular weight is 372 g/mol. The smallest absolute Gasteiger partial charge is 0.320 e. The van der Waals surface area contributed by atoms with Crippen LogP contribution < -0.4 is 10.2 Å². The summed E-state index contributed by atoms with van der Waals surface area (Å²) in [4.78, 5) is 18.6. The van der Waals surface area contributed by atoms with Crippen LogP contribution in [-0.2, 0) is 0 Å². The molecule has 142 valence electrons. The number of fused-ring (bicyclic) bond motifs is 1. The number of aromatic nitrogens is 2. The summed E-state index contributed by atoms with van der Waals surface area (Å²) in [7, 11) is 3.84. The first-order chi connectivity index (χ1) is 12.9. The summed E-state index contributed by atoms with van der Waals surface area (Å²) in [6, 6.07) is 14.0. The predicted octanol–water partition coefficient (Wildman–Crippen LogP) is 4.03. The van der Waals surface area contributed by atoms with Gasteiger partial charge in [0.05, 0.1) is 11.0 Å². The Morgan fingerprint density at radius 3 is 2.44 bits per heavy atom. The molecule has 0 fully saturated rings. The van der Waals surface area contributed by atoms with Crippen molar-refractivity contribution in [1.82, 2.24) is 14.9 Å². The quantitative estimate of drug-likeness (QED) is 0.711. The lowest BCUT2D eigenvalue weighted by atomic mass is 10.1. The number of nitrogens with zero attached hydrogens (tertiary/aromatic N) is 3. The molecule has 3 rings (SSSR count). The van der Waals surface area contributed by atoms with Gasteiger partial charge in [-0.15, -0.1) is 0 Å². The van der Waals surface area contributed by atoms with Gasteiger partial charge in [-0.05, 0) is 36.4 Å². The average Bonchev–Trinajstić information content (AvgIpc) is 3.05. The highest BCUT2D eigenvalue weighted by Gasteiger charge is 2.22. The molecule has 0 aliphatic carbocycles. The predicted molar refractivity (Wildman–Crippen MR) is 103 cm³/mol. The molecule has 1 atom stereocenters. The van der Waals surface area contributed by atoms with Crippen molar-refractivity contribution in [2.75, 3.05) is 25.5 Å². The molecule has 0 aliphatic rings. The van der Waals surface area contributed by atoms with E-state index in [1.54, 1.807) is 43.3 Å². The Bertz CT molecular complexity index is 935. The highest BCUT2D eigenvalue weighted by Crippen LogP contribution is 2.27. The third-order valence-corrected chi connectivity index (χ3v) is 4.47. The fraction of sp³-hybridized carbons (Fsp3) is 0.300. The Kier molecular flexibility index (Phi) is 5.39. The standard InChI is InChI=1S/C20H22F2N4O/c1-13(12-23-19(27)14-8-10-15(11-9-14)25(2)3)18-24-16-6-4-5-7-17(16)26(18)20(21)22/h4-11,13,20H,12H2,1-3H3,(H,23,27)/t13-/m0/s1. The molecular weight excluding hydrogens is 350 g/mol. The van der Waals surface area contributed by atoms with E-state index in [-0.39, 0.29) is 24.2 Å². The molecule has 0 spiro atoms. The molecule has 0 bridgehead atoms. The second kappa shape index (κ2) is 7.73. The molecule has 0 saturated heterocycles. The van der Waals surface area contributed by atoms with Crippen LogP contribution in [0.4, 0.5) is 14.5 Å². The number of benzene rings is 2. The maximum absolute atomic E-state index is 13.5. The number of halogens is 2. The number of imidazole rings is 1. The van der Waals surface area contributed by atoms with Gasteiger partial charge in [0.15, 0.2) is 0 Å². The molecule has 3 aromatic rings. The van der Waals surface area contributed by atoms with E-state index in [9.17, 15) is 13.6 Å². The summed E-state index contributed by atoms with van der Waals surface area (Å²) < 4.78 is 28.0. The SMILES string of the molecule is C[C@@H](CNC(=O)c1ccc(N(C)C)cc1)c1nc2ccccc2n1C(F)F. The van der Waals surface area contributed by atoms with Gasteiger partial charge in [-0.25, -0.2) is 4.98 Å². The van der Waals surface area contributed by atoms with Crippen molar-refractivity contribution in [3.8, 4) is 0 Å². The largest absolute Gasteiger partial charge is 0.378 e. The Hall–Kier alpha value is -2.96. The topological polar surface area (TPSA) is 50.2 Å². The fourth-order valence-electron chi connectivity index (χ4n) is 2.97. The molecule has 1 aromatic heterocycles. The lowest BCUT2D eigenvalue weighted by molar-refractivity contribution is 0.0704. The minimum Gasteiger partial charge on any atom is -0.378 e. The van der Waals surface area contributed by atoms with Gasteiger partial charge >= 0.3 is 6.55 Å². The van der Waals surface area contributed by atoms with E-state index in [0.29, 0.717) is 16.6 Å². The van der Waals surface area contributed by atoms with Crippen molar-refractivity contribution >= 4 is 22.6 Å². The highest BCUT2D eigenvalue weighted by atomic mass is 19.3. The number of nitrogens with one attached hydrogen (secondary N) is 1. The van der Waals surface area contributed by atoms with E-state index in [2.05, 4.69) is 10.3 Å². The highest BCUT2D eigenvalue weighted by molar-refractivity contribution is 5.94. The molecule has 5 nitrogen and oxygen atoms in total. The van der Waals surface area contributed by atoms with Crippen molar-refractivity contribution in [2.45, 2.75) is 19.4 Å². The second-order valence-corrected chi connectivity index (χ2v) is 6.66. The zero-order chi connectivity index (χ0) is 19.6. The third-order valence-electron chi connectivity index (χ3n) is 4.47. The van der Waals surface area contributed by atoms with E-state index in [4.69, 9.17) is 0 Å². The molecule has 1 amide bonds. The first-order valence-corrected chi connectivity index (χ1v) is 8.69. The number of hydrogen-bond acceptors (Lipinski definition) is 3. The van der Waals surface area contributed by atoms with Gasteiger partial charge in [0, 0.05) is 37.8 Å². The van der Waals surface area contributed by atoms with Crippen LogP contribution in [0.1, 0.15) is 35.6 Å². The van der Waals surface area contributed by atoms with Gasteiger partial charge in [0.25, 0.3) is 5.91 Å². The molecule has 0 radical (unpaired) electrons. The maximum atomic E-state index is 13.5. The van der Waals surface area contributed by atoms with Crippen molar-refractivity contribution in [3.05, 3.63) is 59.9 Å². The summed E-state index contributed by atoms with van der Waals surface area (Å²) >= 11 is 0. The first-order valence-electron chi connectivity index (χ1n) is 8.69. The Balaban J connectivity index is 1.74. The number of alkyl halides is 2. The van der Waals surface area contributed by atoms with E-state index in [0.717, 1.165) is 10.3 Å². The summed E-state index contributed by atoms with van der Waals surface area (Å²) in [6.45, 7) is -0.705. The number of amides is 1. The number of carbonyl (C=O) groups excluding carboxylic acids is 1. The third kappa shape index (κ3) is 3.92. The minimum atomic E-state index is -2.69. The van der Waals surface area contributed by atoms with Crippen LogP contribution >= 0.6 is 0 Å². The van der Waals surface area contributed by atoms with Crippen LogP contribution in [-0.4, -0.2) is 36.1 Å². The molecule has 0 unspecified atom stereocenters. The second-order valence-electron chi connectivity index (χ2n) is 6.66. The van der Waals surface area contributed by atoms with Gasteiger partial charge in [-0.2, -0.15) is 8.78 Å². The monoisotopic (exact) mass is 372 g/mol. The number of anilines is 1. The number of hydrogen-bond donors (Lipinski definition) is 1. The Morgan fingerprint density at radius 2 is 1.81 bits per heavy atom. The van der Waals surface area contributed by atoms with Crippen LogP contribution in [0.25, 0.3) is 11.0 Å². The van der Waals surface area contributed by atoms with Crippen molar-refractivity contribution in [1.29, 1.82) is 0 Å². The van der Waals surface area contributed by atoms with E-state index < -0.39 is 6.55 Å². The zero-order valence-corrected chi connectivity index (χ0v) is 15.5. The summed E-state index contributed by atoms with van der Waals surface area (Å²) in [6.07, 6.45) is 0. The number of para-hydroxylation sites is 2. The molecule has 2 aromatic carbocycles. The van der Waals surface area contributed by atoms with Gasteiger partial charge < -0.3 is 10.2 Å². The normalized spacial score (nSPS) is 12.4. The van der Waals surface area contributed by atoms with Crippen molar-refractivity contribution in [2.24, 2.45) is 0 Å². The van der Waals surface area contributed by atoms with Gasteiger partial charge in [-0.3, -0.25) is 9.36 Å². The summed E-state index contributed by atoms with van der Waals surface area (Å²) in [5.74, 6) is -0.349. The van der Waals surface area contributed by atoms with Crippen LogP contribution in [0.5, 0.6) is 0 Å². The molecule has 7 heteroatoms. The molecular formula is C20H22F2N4O. The maximum Gasteiger partial charge on any atom is 0.320 e. The zero-order valence-electron chi connectivity index (χ0n) is 15.5. The van der Waals surface area contributed by atoms with Crippen molar-refractivity contribution in [3.63, 3.8) is 0 Å². The summed E-state index contributed by atoms with van der Waals surface area (Å²) in [5.41, 5.74) is 2.42.